The molecule has 0 aliphatic heterocycles. The SMILES string of the molecule is CCc1ccc(C(C)NC(=O)c2cccc(C)c2[N+](=O)[O-])cc1. The smallest absolute Gasteiger partial charge is 0.285 e. The first-order valence-corrected chi connectivity index (χ1v) is 7.57. The molecule has 0 saturated carbocycles. The van der Waals surface area contributed by atoms with Crippen molar-refractivity contribution in [2.24, 2.45) is 0 Å². The Bertz CT molecular complexity index is 724. The van der Waals surface area contributed by atoms with Crippen molar-refractivity contribution in [2.75, 3.05) is 0 Å². The third kappa shape index (κ3) is 3.74. The second kappa shape index (κ2) is 7.05. The molecule has 0 spiro atoms. The van der Waals surface area contributed by atoms with Gasteiger partial charge in [-0.3, -0.25) is 14.9 Å². The number of nitro groups is 1. The lowest BCUT2D eigenvalue weighted by Gasteiger charge is -2.15. The molecule has 120 valence electrons. The summed E-state index contributed by atoms with van der Waals surface area (Å²) in [5.41, 5.74) is 2.61. The number of benzene rings is 2. The van der Waals surface area contributed by atoms with Crippen LogP contribution in [0.5, 0.6) is 0 Å². The number of amides is 1. The molecule has 0 aliphatic rings. The molecule has 5 nitrogen and oxygen atoms in total. The first-order chi connectivity index (χ1) is 10.9. The maximum Gasteiger partial charge on any atom is 0.285 e. The highest BCUT2D eigenvalue weighted by Gasteiger charge is 2.23. The number of rotatable bonds is 5. The van der Waals surface area contributed by atoms with Crippen LogP contribution in [-0.2, 0) is 6.42 Å². The molecule has 0 saturated heterocycles. The number of para-hydroxylation sites is 1. The van der Waals surface area contributed by atoms with Crippen molar-refractivity contribution in [1.29, 1.82) is 0 Å². The van der Waals surface area contributed by atoms with Gasteiger partial charge >= 0.3 is 0 Å². The Hall–Kier alpha value is -2.69. The standard InChI is InChI=1S/C18H20N2O3/c1-4-14-8-10-15(11-9-14)13(3)19-18(21)16-7-5-6-12(2)17(16)20(22)23/h5-11,13H,4H2,1-3H3,(H,19,21). The Morgan fingerprint density at radius 2 is 1.87 bits per heavy atom. The zero-order valence-corrected chi connectivity index (χ0v) is 13.5. The topological polar surface area (TPSA) is 72.2 Å². The van der Waals surface area contributed by atoms with Crippen molar-refractivity contribution in [3.63, 3.8) is 0 Å². The normalized spacial score (nSPS) is 11.8. The molecule has 2 aromatic carbocycles. The van der Waals surface area contributed by atoms with E-state index in [1.54, 1.807) is 19.1 Å². The van der Waals surface area contributed by atoms with Crippen LogP contribution in [0.4, 0.5) is 5.69 Å². The Morgan fingerprint density at radius 1 is 1.22 bits per heavy atom. The van der Waals surface area contributed by atoms with Crippen LogP contribution in [0.2, 0.25) is 0 Å². The molecule has 1 unspecified atom stereocenters. The van der Waals surface area contributed by atoms with E-state index in [9.17, 15) is 14.9 Å². The molecule has 2 rings (SSSR count). The molecule has 23 heavy (non-hydrogen) atoms. The van der Waals surface area contributed by atoms with E-state index in [4.69, 9.17) is 0 Å². The van der Waals surface area contributed by atoms with Gasteiger partial charge < -0.3 is 5.32 Å². The van der Waals surface area contributed by atoms with Crippen molar-refractivity contribution < 1.29 is 9.72 Å². The fourth-order valence-electron chi connectivity index (χ4n) is 2.48. The number of hydrogen-bond donors (Lipinski definition) is 1. The van der Waals surface area contributed by atoms with Crippen molar-refractivity contribution >= 4 is 11.6 Å². The van der Waals surface area contributed by atoms with Gasteiger partial charge in [0.25, 0.3) is 11.6 Å². The molecular formula is C18H20N2O3. The fourth-order valence-corrected chi connectivity index (χ4v) is 2.48. The van der Waals surface area contributed by atoms with Gasteiger partial charge in [-0.05, 0) is 37.5 Å². The second-order valence-electron chi connectivity index (χ2n) is 5.52. The molecule has 0 radical (unpaired) electrons. The molecule has 1 N–H and O–H groups in total. The number of nitro benzene ring substituents is 1. The van der Waals surface area contributed by atoms with Crippen molar-refractivity contribution in [3.8, 4) is 0 Å². The summed E-state index contributed by atoms with van der Waals surface area (Å²) >= 11 is 0. The average molecular weight is 312 g/mol. The number of aryl methyl sites for hydroxylation is 2. The van der Waals surface area contributed by atoms with Gasteiger partial charge in [-0.25, -0.2) is 0 Å². The van der Waals surface area contributed by atoms with Gasteiger partial charge in [0, 0.05) is 5.56 Å². The zero-order valence-electron chi connectivity index (χ0n) is 13.5. The molecule has 0 fully saturated rings. The highest BCUT2D eigenvalue weighted by atomic mass is 16.6. The van der Waals surface area contributed by atoms with Gasteiger partial charge in [-0.2, -0.15) is 0 Å². The summed E-state index contributed by atoms with van der Waals surface area (Å²) in [7, 11) is 0. The Labute approximate surface area is 135 Å². The van der Waals surface area contributed by atoms with E-state index in [0.29, 0.717) is 5.56 Å². The van der Waals surface area contributed by atoms with Gasteiger partial charge in [-0.15, -0.1) is 0 Å². The summed E-state index contributed by atoms with van der Waals surface area (Å²) in [4.78, 5) is 23.1. The van der Waals surface area contributed by atoms with E-state index in [1.807, 2.05) is 31.2 Å². The summed E-state index contributed by atoms with van der Waals surface area (Å²) in [5, 5.41) is 14.0. The molecule has 0 aromatic heterocycles. The van der Waals surface area contributed by atoms with E-state index in [2.05, 4.69) is 12.2 Å². The molecule has 2 aromatic rings. The zero-order chi connectivity index (χ0) is 17.0. The molecule has 1 amide bonds. The van der Waals surface area contributed by atoms with Crippen LogP contribution in [0, 0.1) is 17.0 Å². The maximum atomic E-state index is 12.4. The molecule has 0 aliphatic carbocycles. The second-order valence-corrected chi connectivity index (χ2v) is 5.52. The van der Waals surface area contributed by atoms with E-state index in [-0.39, 0.29) is 17.3 Å². The molecule has 0 heterocycles. The third-order valence-electron chi connectivity index (χ3n) is 3.90. The van der Waals surface area contributed by atoms with E-state index in [1.165, 1.54) is 11.6 Å². The molecule has 5 heteroatoms. The van der Waals surface area contributed by atoms with Gasteiger partial charge in [0.1, 0.15) is 5.56 Å². The van der Waals surface area contributed by atoms with Crippen LogP contribution >= 0.6 is 0 Å². The quantitative estimate of drug-likeness (QED) is 0.671. The Kier molecular flexibility index (Phi) is 5.11. The predicted octanol–water partition coefficient (Wildman–Crippen LogP) is 3.96. The first-order valence-electron chi connectivity index (χ1n) is 7.57. The Balaban J connectivity index is 2.21. The predicted molar refractivity (Wildman–Crippen MR) is 89.5 cm³/mol. The van der Waals surface area contributed by atoms with Crippen LogP contribution in [0.25, 0.3) is 0 Å². The number of carbonyl (C=O) groups is 1. The van der Waals surface area contributed by atoms with Gasteiger partial charge in [-0.1, -0.05) is 43.3 Å². The minimum atomic E-state index is -0.509. The summed E-state index contributed by atoms with van der Waals surface area (Å²) in [6, 6.07) is 12.5. The molecular weight excluding hydrogens is 292 g/mol. The number of carbonyl (C=O) groups excluding carboxylic acids is 1. The highest BCUT2D eigenvalue weighted by molar-refractivity contribution is 5.98. The maximum absolute atomic E-state index is 12.4. The molecule has 0 bridgehead atoms. The van der Waals surface area contributed by atoms with Crippen LogP contribution < -0.4 is 5.32 Å². The summed E-state index contributed by atoms with van der Waals surface area (Å²) in [6.45, 7) is 5.57. The minimum Gasteiger partial charge on any atom is -0.345 e. The lowest BCUT2D eigenvalue weighted by molar-refractivity contribution is -0.385. The van der Waals surface area contributed by atoms with Crippen molar-refractivity contribution in [2.45, 2.75) is 33.2 Å². The van der Waals surface area contributed by atoms with E-state index in [0.717, 1.165) is 12.0 Å². The lowest BCUT2D eigenvalue weighted by Crippen LogP contribution is -2.27. The van der Waals surface area contributed by atoms with Gasteiger partial charge in [0.05, 0.1) is 11.0 Å². The minimum absolute atomic E-state index is 0.0898. The van der Waals surface area contributed by atoms with Gasteiger partial charge in [0.2, 0.25) is 0 Å². The molecule has 1 atom stereocenters. The number of nitrogens with one attached hydrogen (secondary N) is 1. The van der Waals surface area contributed by atoms with Gasteiger partial charge in [0.15, 0.2) is 0 Å². The monoisotopic (exact) mass is 312 g/mol. The largest absolute Gasteiger partial charge is 0.345 e. The first kappa shape index (κ1) is 16.7. The third-order valence-corrected chi connectivity index (χ3v) is 3.90. The lowest BCUT2D eigenvalue weighted by atomic mass is 10.0. The highest BCUT2D eigenvalue weighted by Crippen LogP contribution is 2.24. The average Bonchev–Trinajstić information content (AvgIpc) is 2.54. The Morgan fingerprint density at radius 3 is 2.43 bits per heavy atom. The van der Waals surface area contributed by atoms with E-state index >= 15 is 0 Å². The van der Waals surface area contributed by atoms with Crippen LogP contribution in [0.15, 0.2) is 42.5 Å². The van der Waals surface area contributed by atoms with Crippen LogP contribution in [0.1, 0.15) is 46.9 Å². The van der Waals surface area contributed by atoms with E-state index < -0.39 is 10.8 Å². The van der Waals surface area contributed by atoms with Crippen LogP contribution in [0.3, 0.4) is 0 Å². The summed E-state index contributed by atoms with van der Waals surface area (Å²) < 4.78 is 0. The summed E-state index contributed by atoms with van der Waals surface area (Å²) in [6.07, 6.45) is 0.955. The van der Waals surface area contributed by atoms with Crippen molar-refractivity contribution in [3.05, 3.63) is 74.8 Å². The number of hydrogen-bond acceptors (Lipinski definition) is 3. The summed E-state index contributed by atoms with van der Waals surface area (Å²) in [5.74, 6) is -0.438. The number of nitrogens with zero attached hydrogens (tertiary/aromatic N) is 1. The van der Waals surface area contributed by atoms with Crippen LogP contribution in [-0.4, -0.2) is 10.8 Å². The van der Waals surface area contributed by atoms with Crippen molar-refractivity contribution in [1.82, 2.24) is 5.32 Å². The fraction of sp³-hybridized carbons (Fsp3) is 0.278.